The monoisotopic (exact) mass is 477 g/mol. The van der Waals surface area contributed by atoms with Crippen molar-refractivity contribution in [2.45, 2.75) is 29.2 Å². The van der Waals surface area contributed by atoms with Gasteiger partial charge in [-0.15, -0.1) is 11.8 Å². The first kappa shape index (κ1) is 22.8. The molecule has 10 heteroatoms. The Balaban J connectivity index is 1.45. The van der Waals surface area contributed by atoms with Gasteiger partial charge in [-0.1, -0.05) is 12.1 Å². The van der Waals surface area contributed by atoms with Crippen LogP contribution >= 0.6 is 11.8 Å². The summed E-state index contributed by atoms with van der Waals surface area (Å²) in [6, 6.07) is 10.4. The van der Waals surface area contributed by atoms with Crippen LogP contribution in [0.1, 0.15) is 35.3 Å². The molecule has 2 aromatic rings. The van der Waals surface area contributed by atoms with Crippen molar-refractivity contribution in [2.24, 2.45) is 0 Å². The molecule has 170 valence electrons. The summed E-state index contributed by atoms with van der Waals surface area (Å²) in [7, 11) is -3.71. The number of piperazine rings is 1. The first-order valence-corrected chi connectivity index (χ1v) is 12.8. The zero-order valence-electron chi connectivity index (χ0n) is 17.6. The van der Waals surface area contributed by atoms with Crippen LogP contribution in [0.25, 0.3) is 0 Å². The van der Waals surface area contributed by atoms with Crippen LogP contribution in [0.5, 0.6) is 0 Å². The Morgan fingerprint density at radius 3 is 2.41 bits per heavy atom. The van der Waals surface area contributed by atoms with Crippen molar-refractivity contribution in [1.29, 1.82) is 0 Å². The van der Waals surface area contributed by atoms with E-state index in [0.717, 1.165) is 5.56 Å². The molecule has 1 fully saturated rings. The molecule has 2 heterocycles. The molecule has 1 N–H and O–H groups in total. The summed E-state index contributed by atoms with van der Waals surface area (Å²) in [4.78, 5) is 26.5. The van der Waals surface area contributed by atoms with Gasteiger partial charge in [0.2, 0.25) is 15.9 Å². The molecule has 0 unspecified atom stereocenters. The van der Waals surface area contributed by atoms with Crippen LogP contribution in [0.3, 0.4) is 0 Å². The van der Waals surface area contributed by atoms with Gasteiger partial charge < -0.3 is 10.2 Å². The van der Waals surface area contributed by atoms with E-state index < -0.39 is 10.0 Å². The van der Waals surface area contributed by atoms with Gasteiger partial charge in [-0.3, -0.25) is 9.59 Å². The normalized spacial score (nSPS) is 19.3. The summed E-state index contributed by atoms with van der Waals surface area (Å²) in [6.07, 6.45) is 0.686. The number of hydrogen-bond donors (Lipinski definition) is 1. The molecule has 4 rings (SSSR count). The third kappa shape index (κ3) is 4.53. The lowest BCUT2D eigenvalue weighted by Crippen LogP contribution is -2.49. The average molecular weight is 478 g/mol. The number of amides is 2. The number of thioether (sulfide) groups is 1. The maximum absolute atomic E-state index is 14.1. The van der Waals surface area contributed by atoms with Gasteiger partial charge in [-0.25, -0.2) is 12.8 Å². The van der Waals surface area contributed by atoms with Crippen molar-refractivity contribution >= 4 is 33.6 Å². The first-order chi connectivity index (χ1) is 15.3. The molecule has 32 heavy (non-hydrogen) atoms. The van der Waals surface area contributed by atoms with Crippen LogP contribution in [-0.2, 0) is 14.8 Å². The number of nitrogens with zero attached hydrogens (tertiary/aromatic N) is 2. The maximum Gasteiger partial charge on any atom is 0.251 e. The van der Waals surface area contributed by atoms with Gasteiger partial charge >= 0.3 is 0 Å². The second-order valence-corrected chi connectivity index (χ2v) is 10.8. The summed E-state index contributed by atoms with van der Waals surface area (Å²) >= 11 is 1.44. The SMILES string of the molecule is CC(=O)N1CCN(S(=O)(=O)c2ccc(C(=O)N[C@H]3CCSc4c(F)cccc43)cc2)CC1. The van der Waals surface area contributed by atoms with Crippen LogP contribution < -0.4 is 5.32 Å². The summed E-state index contributed by atoms with van der Waals surface area (Å²) in [5.74, 6) is 0.00746. The zero-order valence-corrected chi connectivity index (χ0v) is 19.2. The minimum atomic E-state index is -3.71. The van der Waals surface area contributed by atoms with Crippen molar-refractivity contribution < 1.29 is 22.4 Å². The number of nitrogens with one attached hydrogen (secondary N) is 1. The van der Waals surface area contributed by atoms with Crippen LogP contribution in [0.15, 0.2) is 52.3 Å². The highest BCUT2D eigenvalue weighted by atomic mass is 32.2. The molecule has 0 aromatic heterocycles. The molecule has 2 amide bonds. The van der Waals surface area contributed by atoms with E-state index in [2.05, 4.69) is 5.32 Å². The molecular weight excluding hydrogens is 453 g/mol. The molecule has 0 spiro atoms. The van der Waals surface area contributed by atoms with Crippen molar-refractivity contribution in [2.75, 3.05) is 31.9 Å². The van der Waals surface area contributed by atoms with Crippen molar-refractivity contribution in [1.82, 2.24) is 14.5 Å². The predicted octanol–water partition coefficient (Wildman–Crippen LogP) is 2.65. The van der Waals surface area contributed by atoms with E-state index in [-0.39, 0.29) is 41.7 Å². The third-order valence-electron chi connectivity index (χ3n) is 5.77. The predicted molar refractivity (Wildman–Crippen MR) is 119 cm³/mol. The summed E-state index contributed by atoms with van der Waals surface area (Å²) in [5.41, 5.74) is 1.10. The number of sulfonamides is 1. The molecule has 0 saturated carbocycles. The van der Waals surface area contributed by atoms with E-state index in [4.69, 9.17) is 0 Å². The minimum Gasteiger partial charge on any atom is -0.345 e. The number of carbonyl (C=O) groups excluding carboxylic acids is 2. The van der Waals surface area contributed by atoms with Gasteiger partial charge in [0.1, 0.15) is 5.82 Å². The van der Waals surface area contributed by atoms with Crippen LogP contribution in [0.4, 0.5) is 4.39 Å². The maximum atomic E-state index is 14.1. The Labute approximate surface area is 191 Å². The fourth-order valence-corrected chi connectivity index (χ4v) is 6.51. The molecule has 0 bridgehead atoms. The van der Waals surface area contributed by atoms with Crippen LogP contribution in [-0.4, -0.2) is 61.4 Å². The van der Waals surface area contributed by atoms with E-state index in [1.807, 2.05) is 6.07 Å². The number of halogens is 1. The number of rotatable bonds is 4. The topological polar surface area (TPSA) is 86.8 Å². The lowest BCUT2D eigenvalue weighted by molar-refractivity contribution is -0.129. The second kappa shape index (κ2) is 9.21. The number of carbonyl (C=O) groups is 2. The van der Waals surface area contributed by atoms with Crippen molar-refractivity contribution in [3.05, 3.63) is 59.4 Å². The first-order valence-electron chi connectivity index (χ1n) is 10.3. The number of fused-ring (bicyclic) bond motifs is 1. The Morgan fingerprint density at radius 2 is 1.75 bits per heavy atom. The highest BCUT2D eigenvalue weighted by molar-refractivity contribution is 7.99. The minimum absolute atomic E-state index is 0.0701. The molecule has 1 saturated heterocycles. The quantitative estimate of drug-likeness (QED) is 0.732. The summed E-state index contributed by atoms with van der Waals surface area (Å²) in [5, 5.41) is 2.94. The Hall–Kier alpha value is -2.43. The Bertz CT molecular complexity index is 1130. The molecule has 2 aliphatic rings. The lowest BCUT2D eigenvalue weighted by atomic mass is 10.0. The van der Waals surface area contributed by atoms with Crippen LogP contribution in [0.2, 0.25) is 0 Å². The zero-order chi connectivity index (χ0) is 22.9. The molecular formula is C22H24FN3O4S2. The Kier molecular flexibility index (Phi) is 6.55. The van der Waals surface area contributed by atoms with Gasteiger partial charge in [-0.05, 0) is 42.3 Å². The highest BCUT2D eigenvalue weighted by Gasteiger charge is 2.30. The Morgan fingerprint density at radius 1 is 1.06 bits per heavy atom. The molecule has 7 nitrogen and oxygen atoms in total. The molecule has 0 radical (unpaired) electrons. The summed E-state index contributed by atoms with van der Waals surface area (Å²) in [6.45, 7) is 2.66. The van der Waals surface area contributed by atoms with E-state index in [1.165, 1.54) is 53.3 Å². The van der Waals surface area contributed by atoms with Crippen molar-refractivity contribution in [3.8, 4) is 0 Å². The standard InChI is InChI=1S/C22H24FN3O4S2/c1-15(27)25-10-12-26(13-11-25)32(29,30)17-7-5-16(6-8-17)22(28)24-20-9-14-31-21-18(20)3-2-4-19(21)23/h2-8,20H,9-14H2,1H3,(H,24,28)/t20-/m0/s1. The van der Waals surface area contributed by atoms with E-state index >= 15 is 0 Å². The van der Waals surface area contributed by atoms with Gasteiger partial charge in [-0.2, -0.15) is 4.31 Å². The largest absolute Gasteiger partial charge is 0.345 e. The van der Waals surface area contributed by atoms with Crippen molar-refractivity contribution in [3.63, 3.8) is 0 Å². The fraction of sp³-hybridized carbons (Fsp3) is 0.364. The molecule has 2 aliphatic heterocycles. The smallest absolute Gasteiger partial charge is 0.251 e. The summed E-state index contributed by atoms with van der Waals surface area (Å²) < 4.78 is 41.2. The third-order valence-corrected chi connectivity index (χ3v) is 8.84. The van der Waals surface area contributed by atoms with Gasteiger partial charge in [0.05, 0.1) is 10.9 Å². The molecule has 1 atom stereocenters. The highest BCUT2D eigenvalue weighted by Crippen LogP contribution is 2.37. The average Bonchev–Trinajstić information content (AvgIpc) is 2.80. The van der Waals surface area contributed by atoms with Gasteiger partial charge in [0, 0.05) is 49.3 Å². The van der Waals surface area contributed by atoms with E-state index in [9.17, 15) is 22.4 Å². The van der Waals surface area contributed by atoms with Crippen LogP contribution in [0, 0.1) is 5.82 Å². The lowest BCUT2D eigenvalue weighted by Gasteiger charge is -2.33. The molecule has 2 aromatic carbocycles. The van der Waals surface area contributed by atoms with Gasteiger partial charge in [0.25, 0.3) is 5.91 Å². The van der Waals surface area contributed by atoms with E-state index in [1.54, 1.807) is 11.0 Å². The number of hydrogen-bond acceptors (Lipinski definition) is 5. The molecule has 0 aliphatic carbocycles. The van der Waals surface area contributed by atoms with E-state index in [0.29, 0.717) is 35.7 Å². The fourth-order valence-electron chi connectivity index (χ4n) is 3.95. The second-order valence-electron chi connectivity index (χ2n) is 7.76. The van der Waals surface area contributed by atoms with Gasteiger partial charge in [0.15, 0.2) is 0 Å². The number of benzene rings is 2.